The molecule has 2 amide bonds. The van der Waals surface area contributed by atoms with E-state index in [4.69, 9.17) is 33.7 Å². The standard InChI is InChI=1S/C46H57N3O9S.C42H52N6O6S/c1-5-6-7-8-9-10-11-12-13-18-29-57-39-22-16-14-20-36(39)48-45(50)43(58-40-27-25-35(46(51)52)32-41(40)55-4)44-47-37-21-15-17-23-42(37)59(53,54)49(44)28-19-30-56-38-26-24-33(2)31-34(38)3;1-2-3-4-5-6-7-8-9-10-20-29-48-40(44-34-25-16-19-28-37(34)55(48,52)53)38(47-30-43-39(46-47)42(50)51)41(49)45-33-24-15-18-27-36(33)54-35-26-17-14-23-32(35)31-21-12-11-13-22-31/h14-17,20-27,31-32,43H,5-13,18-19,28-30H2,1-4H3,(H,48,50)(H,51,52);14-19,23-28,30-31,38H,2-13,20-22,29H2,1H3,(H,45,49)(H,50,51). The summed E-state index contributed by atoms with van der Waals surface area (Å²) in [6, 6.07) is 43.0. The van der Waals surface area contributed by atoms with E-state index in [9.17, 15) is 46.2 Å². The Bertz CT molecular complexity index is 4830. The summed E-state index contributed by atoms with van der Waals surface area (Å²) in [6.07, 6.45) is 28.0. The first kappa shape index (κ1) is 85.8. The number of benzene rings is 7. The molecule has 1 fully saturated rings. The normalized spacial score (nSPS) is 14.6. The van der Waals surface area contributed by atoms with Gasteiger partial charge in [-0.1, -0.05) is 233 Å². The van der Waals surface area contributed by atoms with E-state index in [1.165, 1.54) is 138 Å². The Labute approximate surface area is 670 Å². The number of carboxylic acids is 2. The van der Waals surface area contributed by atoms with Gasteiger partial charge in [-0.05, 0) is 135 Å². The maximum atomic E-state index is 14.6. The fraction of sp³-hybridized carbons (Fsp3) is 0.432. The Kier molecular flexibility index (Phi) is 32.4. The summed E-state index contributed by atoms with van der Waals surface area (Å²) >= 11 is 0. The lowest BCUT2D eigenvalue weighted by molar-refractivity contribution is -0.120. The number of amidine groups is 2. The molecule has 4 N–H and O–H groups in total. The number of amides is 2. The fourth-order valence-electron chi connectivity index (χ4n) is 14.4. The number of rotatable bonds is 43. The third-order valence-electron chi connectivity index (χ3n) is 20.5. The second kappa shape index (κ2) is 43.0. The van der Waals surface area contributed by atoms with Crippen LogP contribution in [0.3, 0.4) is 0 Å². The maximum Gasteiger partial charge on any atom is 0.375 e. The number of aliphatic imine (C=N–C) groups is 2. The second-order valence-corrected chi connectivity index (χ2v) is 32.7. The maximum absolute atomic E-state index is 14.6. The molecule has 2 unspecified atom stereocenters. The van der Waals surface area contributed by atoms with Crippen LogP contribution in [-0.4, -0.2) is 125 Å². The Hall–Kier alpha value is -10.6. The number of aromatic carboxylic acids is 2. The summed E-state index contributed by atoms with van der Waals surface area (Å²) in [6.45, 7) is 8.98. The first-order valence-electron chi connectivity index (χ1n) is 40.3. The van der Waals surface area contributed by atoms with Crippen LogP contribution < -0.4 is 34.3 Å². The molecule has 11 rings (SSSR count). The molecule has 8 aromatic rings. The SMILES string of the molecule is CCCCCCCCCCCCN1C(C(C(=O)Nc2ccccc2Oc2ccccc2C2CCCCC2)n2cnc(C(=O)O)n2)=Nc2ccccc2S1(=O)=O.CCCCCCCCCCCCOc1ccccc1NC(=O)C(Oc1ccc(C(=O)O)cc1OC)C1=Nc2ccccc2S(=O)(=O)N1CCCOc1ccc(C)cc1C. The van der Waals surface area contributed by atoms with Gasteiger partial charge in [-0.25, -0.2) is 50.4 Å². The van der Waals surface area contributed by atoms with Crippen LogP contribution in [0.15, 0.2) is 184 Å². The molecule has 1 saturated carbocycles. The van der Waals surface area contributed by atoms with Crippen LogP contribution in [0.1, 0.15) is 230 Å². The number of para-hydroxylation sites is 7. The monoisotopic (exact) mass is 1600 g/mol. The van der Waals surface area contributed by atoms with E-state index in [1.54, 1.807) is 72.8 Å². The van der Waals surface area contributed by atoms with Gasteiger partial charge in [0.25, 0.3) is 37.7 Å². The zero-order valence-corrected chi connectivity index (χ0v) is 67.8. The molecule has 1 aliphatic carbocycles. The van der Waals surface area contributed by atoms with E-state index < -0.39 is 61.8 Å². The van der Waals surface area contributed by atoms with Crippen LogP contribution in [0.2, 0.25) is 0 Å². The van der Waals surface area contributed by atoms with Crippen molar-refractivity contribution < 1.29 is 69.9 Å². The molecule has 24 nitrogen and oxygen atoms in total. The van der Waals surface area contributed by atoms with Crippen LogP contribution in [0.4, 0.5) is 22.7 Å². The molecule has 0 saturated heterocycles. The minimum atomic E-state index is -4.25. The van der Waals surface area contributed by atoms with Crippen LogP contribution in [-0.2, 0) is 29.6 Å². The largest absolute Gasteiger partial charge is 0.493 e. The number of aryl methyl sites for hydroxylation is 2. The van der Waals surface area contributed by atoms with Gasteiger partial charge in [0.1, 0.15) is 33.4 Å². The first-order chi connectivity index (χ1) is 55.3. The average molecular weight is 1600 g/mol. The van der Waals surface area contributed by atoms with Gasteiger partial charge in [0.05, 0.1) is 48.6 Å². The highest BCUT2D eigenvalue weighted by atomic mass is 32.2. The van der Waals surface area contributed by atoms with Gasteiger partial charge in [-0.3, -0.25) is 13.9 Å². The molecule has 114 heavy (non-hydrogen) atoms. The minimum absolute atomic E-state index is 0.000214. The summed E-state index contributed by atoms with van der Waals surface area (Å²) in [5.41, 5.74) is 4.11. The zero-order valence-electron chi connectivity index (χ0n) is 66.2. The van der Waals surface area contributed by atoms with E-state index in [2.05, 4.69) is 40.6 Å². The highest BCUT2D eigenvalue weighted by molar-refractivity contribution is 7.90. The summed E-state index contributed by atoms with van der Waals surface area (Å²) in [5.74, 6) is -2.21. The number of nitrogens with one attached hydrogen (secondary N) is 2. The topological polar surface area (TPSA) is 309 Å². The predicted molar refractivity (Wildman–Crippen MR) is 443 cm³/mol. The Morgan fingerprint density at radius 2 is 1.00 bits per heavy atom. The van der Waals surface area contributed by atoms with E-state index in [1.807, 2.05) is 62.4 Å². The number of unbranched alkanes of at least 4 members (excludes halogenated alkanes) is 18. The van der Waals surface area contributed by atoms with Gasteiger partial charge in [0.2, 0.25) is 6.10 Å². The third-order valence-corrected chi connectivity index (χ3v) is 24.2. The lowest BCUT2D eigenvalue weighted by Crippen LogP contribution is -2.52. The smallest absolute Gasteiger partial charge is 0.375 e. The molecule has 608 valence electrons. The lowest BCUT2D eigenvalue weighted by Gasteiger charge is -2.33. The number of carbonyl (C=O) groups is 4. The quantitative estimate of drug-likeness (QED) is 0.0258. The van der Waals surface area contributed by atoms with Crippen LogP contribution in [0.25, 0.3) is 0 Å². The Morgan fingerprint density at radius 1 is 0.500 bits per heavy atom. The number of aromatic nitrogens is 3. The molecular weight excluding hydrogens is 1490 g/mol. The van der Waals surface area contributed by atoms with E-state index in [0.717, 1.165) is 89.8 Å². The van der Waals surface area contributed by atoms with Crippen LogP contribution >= 0.6 is 0 Å². The molecule has 0 radical (unpaired) electrons. The second-order valence-electron chi connectivity index (χ2n) is 29.1. The fourth-order valence-corrected chi connectivity index (χ4v) is 17.6. The number of ether oxygens (including phenoxy) is 5. The number of hydrogen-bond acceptors (Lipinski definition) is 17. The van der Waals surface area contributed by atoms with Crippen molar-refractivity contribution in [1.82, 2.24) is 23.4 Å². The minimum Gasteiger partial charge on any atom is -0.493 e. The van der Waals surface area contributed by atoms with Crippen molar-refractivity contribution in [2.75, 3.05) is 44.0 Å². The number of carbonyl (C=O) groups excluding carboxylic acids is 2. The number of hydrogen-bond donors (Lipinski definition) is 4. The summed E-state index contributed by atoms with van der Waals surface area (Å²) < 4.78 is 91.3. The van der Waals surface area contributed by atoms with Gasteiger partial charge in [-0.15, -0.1) is 5.10 Å². The van der Waals surface area contributed by atoms with Crippen molar-refractivity contribution in [2.24, 2.45) is 9.98 Å². The highest BCUT2D eigenvalue weighted by Crippen LogP contribution is 2.43. The van der Waals surface area contributed by atoms with Gasteiger partial charge in [0.15, 0.2) is 35.0 Å². The van der Waals surface area contributed by atoms with Gasteiger partial charge < -0.3 is 44.5 Å². The molecule has 2 aliphatic heterocycles. The molecule has 3 heterocycles. The summed E-state index contributed by atoms with van der Waals surface area (Å²) in [5, 5.41) is 29.3. The molecular formula is C88H109N9O15S2. The van der Waals surface area contributed by atoms with Crippen molar-refractivity contribution in [3.63, 3.8) is 0 Å². The molecule has 0 bridgehead atoms. The third kappa shape index (κ3) is 23.3. The van der Waals surface area contributed by atoms with Gasteiger partial charge in [-0.2, -0.15) is 0 Å². The van der Waals surface area contributed by atoms with Gasteiger partial charge >= 0.3 is 11.9 Å². The van der Waals surface area contributed by atoms with Crippen LogP contribution in [0, 0.1) is 13.8 Å². The molecule has 7 aromatic carbocycles. The zero-order chi connectivity index (χ0) is 80.8. The summed E-state index contributed by atoms with van der Waals surface area (Å²) in [7, 11) is -7.07. The molecule has 26 heteroatoms. The number of nitrogens with zero attached hydrogens (tertiary/aromatic N) is 7. The van der Waals surface area contributed by atoms with E-state index >= 15 is 0 Å². The lowest BCUT2D eigenvalue weighted by atomic mass is 9.84. The van der Waals surface area contributed by atoms with Crippen molar-refractivity contribution in [1.29, 1.82) is 0 Å². The van der Waals surface area contributed by atoms with Crippen molar-refractivity contribution in [3.8, 4) is 34.5 Å². The number of sulfonamides is 2. The highest BCUT2D eigenvalue weighted by Gasteiger charge is 2.44. The average Bonchev–Trinajstić information content (AvgIpc) is 0.899. The van der Waals surface area contributed by atoms with Crippen molar-refractivity contribution >= 4 is 78.2 Å². The first-order valence-corrected chi connectivity index (χ1v) is 43.2. The van der Waals surface area contributed by atoms with Crippen LogP contribution in [0.5, 0.6) is 34.5 Å². The molecule has 3 aliphatic rings. The molecule has 2 atom stereocenters. The predicted octanol–water partition coefficient (Wildman–Crippen LogP) is 19.6. The number of fused-ring (bicyclic) bond motifs is 2. The Balaban J connectivity index is 0.000000242. The number of carboxylic acid groups (broad SMARTS) is 2. The Morgan fingerprint density at radius 3 is 1.60 bits per heavy atom. The number of methoxy groups -OCH3 is 1. The molecule has 1 aromatic heterocycles. The van der Waals surface area contributed by atoms with E-state index in [-0.39, 0.29) is 76.0 Å². The van der Waals surface area contributed by atoms with Crippen molar-refractivity contribution in [3.05, 3.63) is 192 Å². The number of anilines is 2. The van der Waals surface area contributed by atoms with E-state index in [0.29, 0.717) is 53.3 Å². The summed E-state index contributed by atoms with van der Waals surface area (Å²) in [4.78, 5) is 66.3. The van der Waals surface area contributed by atoms with Crippen molar-refractivity contribution in [2.45, 2.75) is 222 Å². The van der Waals surface area contributed by atoms with Gasteiger partial charge in [0, 0.05) is 19.5 Å². The molecule has 0 spiro atoms.